The van der Waals surface area contributed by atoms with Gasteiger partial charge in [0.25, 0.3) is 6.43 Å². The number of aromatic nitrogens is 1. The molecule has 0 saturated carbocycles. The minimum Gasteiger partial charge on any atom is -0.439 e. The average Bonchev–Trinajstić information content (AvgIpc) is 2.87. The summed E-state index contributed by atoms with van der Waals surface area (Å²) in [5.41, 5.74) is 0.806. The maximum atomic E-state index is 12.4. The van der Waals surface area contributed by atoms with Crippen LogP contribution in [0.25, 0.3) is 11.3 Å². The molecule has 21 heavy (non-hydrogen) atoms. The molecule has 114 valence electrons. The number of alkyl halides is 2. The second-order valence-corrected chi connectivity index (χ2v) is 4.91. The number of aliphatic hydroxyl groups is 1. The lowest BCUT2D eigenvalue weighted by molar-refractivity contribution is 0.0704. The van der Waals surface area contributed by atoms with Gasteiger partial charge in [-0.1, -0.05) is 11.6 Å². The molecule has 2 rings (SSSR count). The van der Waals surface area contributed by atoms with Crippen LogP contribution in [0.2, 0.25) is 5.02 Å². The van der Waals surface area contributed by atoms with Gasteiger partial charge in [0, 0.05) is 17.1 Å². The van der Waals surface area contributed by atoms with E-state index in [1.165, 1.54) is 11.1 Å². The van der Waals surface area contributed by atoms with Crippen molar-refractivity contribution >= 4 is 11.6 Å². The molecular weight excluding hydrogens is 302 g/mol. The molecule has 0 aliphatic heterocycles. The van der Waals surface area contributed by atoms with Crippen LogP contribution >= 0.6 is 11.6 Å². The lowest BCUT2D eigenvalue weighted by atomic mass is 10.2. The van der Waals surface area contributed by atoms with E-state index < -0.39 is 13.0 Å². The van der Waals surface area contributed by atoms with Crippen molar-refractivity contribution in [2.45, 2.75) is 13.0 Å². The lowest BCUT2D eigenvalue weighted by Gasteiger charge is -2.18. The van der Waals surface area contributed by atoms with E-state index in [4.69, 9.17) is 21.1 Å². The van der Waals surface area contributed by atoms with Crippen LogP contribution in [0.1, 0.15) is 5.89 Å². The molecule has 0 atom stereocenters. The summed E-state index contributed by atoms with van der Waals surface area (Å²) >= 11 is 5.81. The van der Waals surface area contributed by atoms with E-state index in [0.717, 1.165) is 5.56 Å². The number of oxazole rings is 1. The summed E-state index contributed by atoms with van der Waals surface area (Å²) in [6.45, 7) is -0.363. The minimum absolute atomic E-state index is 0.124. The summed E-state index contributed by atoms with van der Waals surface area (Å²) in [4.78, 5) is 5.47. The third kappa shape index (κ3) is 4.77. The van der Waals surface area contributed by atoms with Crippen LogP contribution in [-0.4, -0.2) is 41.1 Å². The van der Waals surface area contributed by atoms with Gasteiger partial charge in [0.1, 0.15) is 0 Å². The standard InChI is InChI=1S/C14H15ClF2N2O2/c15-11-3-1-10(2-4-11)12-7-18-14(21-12)9-19(5-6-20)8-13(16)17/h1-4,7,13,20H,5-6,8-9H2. The number of rotatable bonds is 7. The van der Waals surface area contributed by atoms with Crippen LogP contribution in [-0.2, 0) is 6.54 Å². The molecule has 0 saturated heterocycles. The zero-order chi connectivity index (χ0) is 15.2. The first-order valence-electron chi connectivity index (χ1n) is 6.40. The monoisotopic (exact) mass is 316 g/mol. The lowest BCUT2D eigenvalue weighted by Crippen LogP contribution is -2.31. The van der Waals surface area contributed by atoms with Gasteiger partial charge < -0.3 is 9.52 Å². The molecule has 1 aromatic heterocycles. The Labute approximate surface area is 126 Å². The topological polar surface area (TPSA) is 49.5 Å². The molecule has 1 heterocycles. The van der Waals surface area contributed by atoms with Crippen LogP contribution in [0.15, 0.2) is 34.9 Å². The third-order valence-corrected chi connectivity index (χ3v) is 3.11. The normalized spacial score (nSPS) is 11.5. The SMILES string of the molecule is OCCN(Cc1ncc(-c2ccc(Cl)cc2)o1)CC(F)F. The van der Waals surface area contributed by atoms with Crippen molar-refractivity contribution in [3.05, 3.63) is 41.4 Å². The molecule has 0 spiro atoms. The Morgan fingerprint density at radius 3 is 2.62 bits per heavy atom. The first-order valence-corrected chi connectivity index (χ1v) is 6.78. The summed E-state index contributed by atoms with van der Waals surface area (Å²) in [6.07, 6.45) is -0.930. The number of benzene rings is 1. The zero-order valence-corrected chi connectivity index (χ0v) is 11.9. The van der Waals surface area contributed by atoms with Crippen LogP contribution in [0, 0.1) is 0 Å². The van der Waals surface area contributed by atoms with Gasteiger partial charge in [-0.05, 0) is 24.3 Å². The molecule has 7 heteroatoms. The van der Waals surface area contributed by atoms with E-state index in [0.29, 0.717) is 16.7 Å². The minimum atomic E-state index is -2.47. The van der Waals surface area contributed by atoms with Crippen molar-refractivity contribution in [1.82, 2.24) is 9.88 Å². The van der Waals surface area contributed by atoms with Crippen molar-refractivity contribution in [1.29, 1.82) is 0 Å². The highest BCUT2D eigenvalue weighted by Crippen LogP contribution is 2.22. The molecule has 2 aromatic rings. The fraction of sp³-hybridized carbons (Fsp3) is 0.357. The Hall–Kier alpha value is -1.50. The Bertz CT molecular complexity index is 560. The highest BCUT2D eigenvalue weighted by atomic mass is 35.5. The van der Waals surface area contributed by atoms with Gasteiger partial charge in [-0.15, -0.1) is 0 Å². The van der Waals surface area contributed by atoms with Crippen molar-refractivity contribution in [3.63, 3.8) is 0 Å². The van der Waals surface area contributed by atoms with E-state index in [2.05, 4.69) is 4.98 Å². The first kappa shape index (κ1) is 15.9. The fourth-order valence-corrected chi connectivity index (χ4v) is 2.02. The van der Waals surface area contributed by atoms with Crippen molar-refractivity contribution < 1.29 is 18.3 Å². The third-order valence-electron chi connectivity index (χ3n) is 2.85. The highest BCUT2D eigenvalue weighted by Gasteiger charge is 2.15. The summed E-state index contributed by atoms with van der Waals surface area (Å²) in [6, 6.07) is 7.04. The van der Waals surface area contributed by atoms with Gasteiger partial charge in [-0.25, -0.2) is 13.8 Å². The molecule has 0 fully saturated rings. The Kier molecular flexibility index (Phi) is 5.67. The molecule has 0 unspecified atom stereocenters. The molecule has 0 amide bonds. The van der Waals surface area contributed by atoms with Crippen LogP contribution < -0.4 is 0 Å². The van der Waals surface area contributed by atoms with Crippen LogP contribution in [0.3, 0.4) is 0 Å². The van der Waals surface area contributed by atoms with Crippen molar-refractivity contribution in [2.75, 3.05) is 19.7 Å². The molecule has 0 radical (unpaired) electrons. The van der Waals surface area contributed by atoms with Gasteiger partial charge in [0.2, 0.25) is 5.89 Å². The maximum Gasteiger partial charge on any atom is 0.251 e. The number of hydrogen-bond donors (Lipinski definition) is 1. The van der Waals surface area contributed by atoms with Crippen molar-refractivity contribution in [3.8, 4) is 11.3 Å². The smallest absolute Gasteiger partial charge is 0.251 e. The van der Waals surface area contributed by atoms with E-state index >= 15 is 0 Å². The second-order valence-electron chi connectivity index (χ2n) is 4.47. The van der Waals surface area contributed by atoms with Gasteiger partial charge in [-0.3, -0.25) is 4.90 Å². The van der Waals surface area contributed by atoms with E-state index in [9.17, 15) is 8.78 Å². The summed E-state index contributed by atoms with van der Waals surface area (Å²) < 4.78 is 30.4. The fourth-order valence-electron chi connectivity index (χ4n) is 1.89. The number of aliphatic hydroxyl groups excluding tert-OH is 1. The molecule has 1 N–H and O–H groups in total. The predicted octanol–water partition coefficient (Wildman–Crippen LogP) is 3.05. The summed E-state index contributed by atoms with van der Waals surface area (Å²) in [5, 5.41) is 9.50. The Balaban J connectivity index is 2.06. The largest absolute Gasteiger partial charge is 0.439 e. The number of halogens is 3. The molecule has 0 aliphatic carbocycles. The van der Waals surface area contributed by atoms with Gasteiger partial charge in [0.05, 0.1) is 25.9 Å². The molecular formula is C14H15ClF2N2O2. The van der Waals surface area contributed by atoms with Gasteiger partial charge in [0.15, 0.2) is 5.76 Å². The van der Waals surface area contributed by atoms with Crippen LogP contribution in [0.4, 0.5) is 8.78 Å². The maximum absolute atomic E-state index is 12.4. The zero-order valence-electron chi connectivity index (χ0n) is 11.2. The van der Waals surface area contributed by atoms with Gasteiger partial charge in [-0.2, -0.15) is 0 Å². The highest BCUT2D eigenvalue weighted by molar-refractivity contribution is 6.30. The second kappa shape index (κ2) is 7.49. The number of hydrogen-bond acceptors (Lipinski definition) is 4. The molecule has 4 nitrogen and oxygen atoms in total. The summed E-state index contributed by atoms with van der Waals surface area (Å²) in [7, 11) is 0. The molecule has 0 aliphatic rings. The van der Waals surface area contributed by atoms with Crippen LogP contribution in [0.5, 0.6) is 0 Å². The van der Waals surface area contributed by atoms with Gasteiger partial charge >= 0.3 is 0 Å². The molecule has 1 aromatic carbocycles. The summed E-state index contributed by atoms with van der Waals surface area (Å²) in [5.74, 6) is 0.872. The Morgan fingerprint density at radius 2 is 2.00 bits per heavy atom. The quantitative estimate of drug-likeness (QED) is 0.853. The van der Waals surface area contributed by atoms with E-state index in [1.54, 1.807) is 24.3 Å². The number of nitrogens with zero attached hydrogens (tertiary/aromatic N) is 2. The van der Waals surface area contributed by atoms with E-state index in [-0.39, 0.29) is 19.7 Å². The Morgan fingerprint density at radius 1 is 1.29 bits per heavy atom. The van der Waals surface area contributed by atoms with E-state index in [1.807, 2.05) is 0 Å². The predicted molar refractivity (Wildman–Crippen MR) is 75.3 cm³/mol. The van der Waals surface area contributed by atoms with Crippen molar-refractivity contribution in [2.24, 2.45) is 0 Å². The first-order chi connectivity index (χ1) is 10.1. The molecule has 0 bridgehead atoms. The average molecular weight is 317 g/mol.